The number of carbonyl (C=O) groups excluding carboxylic acids is 2. The van der Waals surface area contributed by atoms with Crippen LogP contribution < -0.4 is 4.90 Å². The normalized spacial score (nSPS) is 12.9. The maximum Gasteiger partial charge on any atom is 0.338 e. The molecule has 9 heteroatoms. The number of esters is 1. The van der Waals surface area contributed by atoms with Gasteiger partial charge in [-0.15, -0.1) is 0 Å². The van der Waals surface area contributed by atoms with Crippen LogP contribution in [-0.4, -0.2) is 44.3 Å². The Morgan fingerprint density at radius 2 is 1.53 bits per heavy atom. The second kappa shape index (κ2) is 9.61. The van der Waals surface area contributed by atoms with Gasteiger partial charge in [0.2, 0.25) is 10.0 Å². The molecular formula is C25H24N2O5S2. The third-order valence-corrected chi connectivity index (χ3v) is 8.64. The quantitative estimate of drug-likeness (QED) is 0.460. The molecule has 0 saturated carbocycles. The zero-order valence-corrected chi connectivity index (χ0v) is 20.6. The van der Waals surface area contributed by atoms with E-state index in [-0.39, 0.29) is 16.5 Å². The summed E-state index contributed by atoms with van der Waals surface area (Å²) in [6, 6.07) is 20.4. The first kappa shape index (κ1) is 24.0. The van der Waals surface area contributed by atoms with Crippen molar-refractivity contribution >= 4 is 45.0 Å². The van der Waals surface area contributed by atoms with Gasteiger partial charge in [0, 0.05) is 22.9 Å². The van der Waals surface area contributed by atoms with Crippen molar-refractivity contribution in [3.05, 3.63) is 78.4 Å². The molecule has 0 atom stereocenters. The minimum Gasteiger partial charge on any atom is -0.452 e. The fourth-order valence-corrected chi connectivity index (χ4v) is 5.95. The summed E-state index contributed by atoms with van der Waals surface area (Å²) in [4.78, 5) is 29.3. The molecule has 0 spiro atoms. The second-order valence-electron chi connectivity index (χ2n) is 7.99. The number of para-hydroxylation sites is 2. The van der Waals surface area contributed by atoms with E-state index in [1.807, 2.05) is 48.5 Å². The largest absolute Gasteiger partial charge is 0.452 e. The number of sulfonamides is 1. The number of rotatable bonds is 6. The van der Waals surface area contributed by atoms with Gasteiger partial charge >= 0.3 is 5.97 Å². The molecule has 1 heterocycles. The molecule has 1 aliphatic heterocycles. The number of ether oxygens (including phenoxy) is 1. The number of anilines is 2. The van der Waals surface area contributed by atoms with E-state index in [0.29, 0.717) is 0 Å². The lowest BCUT2D eigenvalue weighted by Crippen LogP contribution is -2.33. The summed E-state index contributed by atoms with van der Waals surface area (Å²) < 4.78 is 32.1. The molecule has 0 fully saturated rings. The highest BCUT2D eigenvalue weighted by Gasteiger charge is 2.29. The van der Waals surface area contributed by atoms with E-state index in [1.54, 1.807) is 30.5 Å². The van der Waals surface area contributed by atoms with Gasteiger partial charge in [-0.3, -0.25) is 9.69 Å². The van der Waals surface area contributed by atoms with Crippen molar-refractivity contribution in [3.8, 4) is 0 Å². The standard InChI is InChI=1S/C25H24N2O5S2/c1-17(2)26(3)34(30,31)19-10-8-9-18(15-19)25(29)32-16-24(28)27-20-11-4-6-13-22(20)33-23-14-7-5-12-21(23)27/h4-15,17H,16H2,1-3H3. The van der Waals surface area contributed by atoms with E-state index in [9.17, 15) is 18.0 Å². The third-order valence-electron chi connectivity index (χ3n) is 5.48. The van der Waals surface area contributed by atoms with Crippen molar-refractivity contribution < 1.29 is 22.7 Å². The highest BCUT2D eigenvalue weighted by Crippen LogP contribution is 2.47. The van der Waals surface area contributed by atoms with Gasteiger partial charge in [-0.25, -0.2) is 13.2 Å². The van der Waals surface area contributed by atoms with Crippen LogP contribution in [-0.2, 0) is 19.6 Å². The van der Waals surface area contributed by atoms with E-state index in [2.05, 4.69) is 0 Å². The van der Waals surface area contributed by atoms with E-state index in [0.717, 1.165) is 21.2 Å². The molecule has 1 amide bonds. The van der Waals surface area contributed by atoms with Crippen LogP contribution >= 0.6 is 11.8 Å². The highest BCUT2D eigenvalue weighted by atomic mass is 32.2. The number of hydrogen-bond donors (Lipinski definition) is 0. The Bertz CT molecular complexity index is 1310. The average molecular weight is 497 g/mol. The lowest BCUT2D eigenvalue weighted by Gasteiger charge is -2.30. The molecule has 176 valence electrons. The molecule has 0 aliphatic carbocycles. The van der Waals surface area contributed by atoms with Crippen molar-refractivity contribution in [2.24, 2.45) is 0 Å². The first-order valence-electron chi connectivity index (χ1n) is 10.6. The minimum absolute atomic E-state index is 0.0135. The third kappa shape index (κ3) is 4.59. The molecule has 1 aliphatic rings. The van der Waals surface area contributed by atoms with E-state index >= 15 is 0 Å². The van der Waals surface area contributed by atoms with Gasteiger partial charge in [0.15, 0.2) is 6.61 Å². The molecule has 7 nitrogen and oxygen atoms in total. The van der Waals surface area contributed by atoms with Crippen molar-refractivity contribution in [2.75, 3.05) is 18.6 Å². The molecule has 0 N–H and O–H groups in total. The maximum atomic E-state index is 13.2. The Morgan fingerprint density at radius 1 is 0.941 bits per heavy atom. The Kier molecular flexibility index (Phi) is 6.79. The summed E-state index contributed by atoms with van der Waals surface area (Å²) in [6.07, 6.45) is 0. The highest BCUT2D eigenvalue weighted by molar-refractivity contribution is 7.99. The van der Waals surface area contributed by atoms with Crippen molar-refractivity contribution in [1.29, 1.82) is 0 Å². The number of nitrogens with zero attached hydrogens (tertiary/aromatic N) is 2. The Balaban J connectivity index is 1.54. The fourth-order valence-electron chi connectivity index (χ4n) is 3.48. The number of amides is 1. The molecule has 0 radical (unpaired) electrons. The van der Waals surface area contributed by atoms with Crippen LogP contribution in [0.5, 0.6) is 0 Å². The van der Waals surface area contributed by atoms with Gasteiger partial charge in [0.1, 0.15) is 0 Å². The molecule has 3 aromatic carbocycles. The van der Waals surface area contributed by atoms with Crippen molar-refractivity contribution in [1.82, 2.24) is 4.31 Å². The summed E-state index contributed by atoms with van der Waals surface area (Å²) in [6.45, 7) is 3.03. The number of carbonyl (C=O) groups is 2. The first-order chi connectivity index (χ1) is 16.2. The zero-order valence-electron chi connectivity index (χ0n) is 19.0. The van der Waals surface area contributed by atoms with Gasteiger partial charge in [-0.05, 0) is 56.3 Å². The average Bonchev–Trinajstić information content (AvgIpc) is 2.85. The van der Waals surface area contributed by atoms with Crippen LogP contribution in [0.1, 0.15) is 24.2 Å². The molecule has 0 saturated heterocycles. The Hall–Kier alpha value is -3.14. The van der Waals surface area contributed by atoms with Crippen LogP contribution in [0.3, 0.4) is 0 Å². The molecule has 0 bridgehead atoms. The molecule has 34 heavy (non-hydrogen) atoms. The maximum absolute atomic E-state index is 13.2. The van der Waals surface area contributed by atoms with Gasteiger partial charge in [0.25, 0.3) is 5.91 Å². The molecule has 4 rings (SSSR count). The van der Waals surface area contributed by atoms with Crippen LogP contribution in [0.4, 0.5) is 11.4 Å². The molecule has 3 aromatic rings. The SMILES string of the molecule is CC(C)N(C)S(=O)(=O)c1cccc(C(=O)OCC(=O)N2c3ccccc3Sc3ccccc32)c1. The van der Waals surface area contributed by atoms with Crippen molar-refractivity contribution in [2.45, 2.75) is 34.6 Å². The molecule has 0 aromatic heterocycles. The monoisotopic (exact) mass is 496 g/mol. The first-order valence-corrected chi connectivity index (χ1v) is 12.9. The summed E-state index contributed by atoms with van der Waals surface area (Å²) in [5.74, 6) is -1.18. The number of benzene rings is 3. The number of fused-ring (bicyclic) bond motifs is 2. The van der Waals surface area contributed by atoms with Crippen LogP contribution in [0, 0.1) is 0 Å². The summed E-state index contributed by atoms with van der Waals surface area (Å²) in [5, 5.41) is 0. The van der Waals surface area contributed by atoms with Crippen LogP contribution in [0.15, 0.2) is 87.5 Å². The lowest BCUT2D eigenvalue weighted by molar-refractivity contribution is -0.121. The van der Waals surface area contributed by atoms with Gasteiger partial charge in [0.05, 0.1) is 21.8 Å². The Labute approximate surface area is 203 Å². The second-order valence-corrected chi connectivity index (χ2v) is 11.1. The van der Waals surface area contributed by atoms with Gasteiger partial charge in [-0.1, -0.05) is 42.1 Å². The summed E-state index contributed by atoms with van der Waals surface area (Å²) in [7, 11) is -2.28. The summed E-state index contributed by atoms with van der Waals surface area (Å²) >= 11 is 1.57. The predicted molar refractivity (Wildman–Crippen MR) is 131 cm³/mol. The lowest BCUT2D eigenvalue weighted by atomic mass is 10.2. The summed E-state index contributed by atoms with van der Waals surface area (Å²) in [5.41, 5.74) is 1.50. The Morgan fingerprint density at radius 3 is 2.12 bits per heavy atom. The van der Waals surface area contributed by atoms with Crippen molar-refractivity contribution in [3.63, 3.8) is 0 Å². The van der Waals surface area contributed by atoms with Crippen LogP contribution in [0.25, 0.3) is 0 Å². The molecular weight excluding hydrogens is 472 g/mol. The minimum atomic E-state index is -3.76. The van der Waals surface area contributed by atoms with Gasteiger partial charge < -0.3 is 4.74 Å². The van der Waals surface area contributed by atoms with E-state index in [4.69, 9.17) is 4.74 Å². The zero-order chi connectivity index (χ0) is 24.5. The van der Waals surface area contributed by atoms with E-state index < -0.39 is 28.5 Å². The molecule has 0 unspecified atom stereocenters. The smallest absolute Gasteiger partial charge is 0.338 e. The van der Waals surface area contributed by atoms with Crippen LogP contribution in [0.2, 0.25) is 0 Å². The van der Waals surface area contributed by atoms with E-state index in [1.165, 1.54) is 35.6 Å². The fraction of sp³-hybridized carbons (Fsp3) is 0.200. The predicted octanol–water partition coefficient (Wildman–Crippen LogP) is 4.70. The van der Waals surface area contributed by atoms with Gasteiger partial charge in [-0.2, -0.15) is 4.31 Å². The topological polar surface area (TPSA) is 84.0 Å². The number of hydrogen-bond acceptors (Lipinski definition) is 6.